The van der Waals surface area contributed by atoms with Gasteiger partial charge in [-0.05, 0) is 30.5 Å². The molecule has 1 amide bonds. The number of likely N-dealkylation sites (tertiary alicyclic amines) is 1. The van der Waals surface area contributed by atoms with Crippen molar-refractivity contribution in [3.63, 3.8) is 0 Å². The van der Waals surface area contributed by atoms with Gasteiger partial charge in [0, 0.05) is 26.2 Å². The molecular weight excluding hydrogens is 324 g/mol. The lowest BCUT2D eigenvalue weighted by molar-refractivity contribution is -0.130. The maximum absolute atomic E-state index is 12.9. The fraction of sp³-hybridized carbons (Fsp3) is 0.409. The van der Waals surface area contributed by atoms with Crippen LogP contribution in [0.3, 0.4) is 0 Å². The molecule has 0 bridgehead atoms. The van der Waals surface area contributed by atoms with E-state index in [1.54, 1.807) is 7.11 Å². The van der Waals surface area contributed by atoms with Crippen molar-refractivity contribution < 1.29 is 9.53 Å². The third-order valence-electron chi connectivity index (χ3n) is 5.11. The maximum Gasteiger partial charge on any atom is 0.225 e. The number of ether oxygens (including phenoxy) is 1. The van der Waals surface area contributed by atoms with Gasteiger partial charge in [-0.3, -0.25) is 9.69 Å². The first-order valence-electron chi connectivity index (χ1n) is 9.36. The first kappa shape index (κ1) is 18.6. The summed E-state index contributed by atoms with van der Waals surface area (Å²) in [5.41, 5.74) is 2.40. The van der Waals surface area contributed by atoms with E-state index in [1.807, 2.05) is 36.4 Å². The molecule has 2 aromatic rings. The summed E-state index contributed by atoms with van der Waals surface area (Å²) >= 11 is 0. The highest BCUT2D eigenvalue weighted by Gasteiger charge is 2.35. The van der Waals surface area contributed by atoms with Crippen LogP contribution in [0.15, 0.2) is 60.7 Å². The normalized spacial score (nSPS) is 20.7. The molecule has 1 aliphatic heterocycles. The van der Waals surface area contributed by atoms with Gasteiger partial charge in [-0.25, -0.2) is 0 Å². The number of piperidine rings is 1. The number of methoxy groups -OCH3 is 1. The number of rotatable bonds is 7. The van der Waals surface area contributed by atoms with E-state index < -0.39 is 0 Å². The van der Waals surface area contributed by atoms with E-state index in [4.69, 9.17) is 4.74 Å². The Morgan fingerprint density at radius 1 is 1.08 bits per heavy atom. The average Bonchev–Trinajstić information content (AvgIpc) is 2.69. The Balaban J connectivity index is 1.65. The summed E-state index contributed by atoms with van der Waals surface area (Å²) in [4.78, 5) is 15.3. The fourth-order valence-corrected chi connectivity index (χ4v) is 3.76. The highest BCUT2D eigenvalue weighted by molar-refractivity contribution is 5.79. The van der Waals surface area contributed by atoms with Crippen LogP contribution in [0.5, 0.6) is 0 Å². The molecule has 1 fully saturated rings. The first-order valence-corrected chi connectivity index (χ1v) is 9.36. The van der Waals surface area contributed by atoms with Gasteiger partial charge < -0.3 is 10.1 Å². The van der Waals surface area contributed by atoms with Crippen molar-refractivity contribution >= 4 is 5.91 Å². The molecule has 1 N–H and O–H groups in total. The monoisotopic (exact) mass is 352 g/mol. The predicted molar refractivity (Wildman–Crippen MR) is 104 cm³/mol. The maximum atomic E-state index is 12.9. The molecule has 26 heavy (non-hydrogen) atoms. The van der Waals surface area contributed by atoms with E-state index in [2.05, 4.69) is 34.5 Å². The van der Waals surface area contributed by atoms with Gasteiger partial charge in [-0.1, -0.05) is 60.7 Å². The molecule has 4 heteroatoms. The predicted octanol–water partition coefficient (Wildman–Crippen LogP) is 3.23. The SMILES string of the molecule is COC[C@@H]1[C@H](C(=O)NCc2ccccc2)CCCN1Cc1ccccc1. The molecule has 0 aromatic heterocycles. The highest BCUT2D eigenvalue weighted by atomic mass is 16.5. The second-order valence-electron chi connectivity index (χ2n) is 6.93. The first-order chi connectivity index (χ1) is 12.8. The van der Waals surface area contributed by atoms with Crippen molar-refractivity contribution in [2.45, 2.75) is 32.0 Å². The highest BCUT2D eigenvalue weighted by Crippen LogP contribution is 2.26. The summed E-state index contributed by atoms with van der Waals surface area (Å²) in [6.07, 6.45) is 1.95. The van der Waals surface area contributed by atoms with Gasteiger partial charge in [-0.15, -0.1) is 0 Å². The van der Waals surface area contributed by atoms with E-state index in [1.165, 1.54) is 5.56 Å². The average molecular weight is 352 g/mol. The van der Waals surface area contributed by atoms with E-state index >= 15 is 0 Å². The van der Waals surface area contributed by atoms with Crippen LogP contribution >= 0.6 is 0 Å². The van der Waals surface area contributed by atoms with Crippen LogP contribution in [0.4, 0.5) is 0 Å². The summed E-state index contributed by atoms with van der Waals surface area (Å²) in [5, 5.41) is 3.12. The minimum absolute atomic E-state index is 0.0314. The van der Waals surface area contributed by atoms with Crippen molar-refractivity contribution in [3.8, 4) is 0 Å². The molecule has 0 unspecified atom stereocenters. The van der Waals surface area contributed by atoms with E-state index in [9.17, 15) is 4.79 Å². The largest absolute Gasteiger partial charge is 0.383 e. The zero-order valence-electron chi connectivity index (χ0n) is 15.4. The number of hydrogen-bond donors (Lipinski definition) is 1. The van der Waals surface area contributed by atoms with Crippen LogP contribution in [-0.4, -0.2) is 37.1 Å². The van der Waals surface area contributed by atoms with Crippen LogP contribution in [0, 0.1) is 5.92 Å². The Morgan fingerprint density at radius 3 is 2.38 bits per heavy atom. The molecule has 0 radical (unpaired) electrons. The number of hydrogen-bond acceptors (Lipinski definition) is 3. The Labute approximate surface area is 156 Å². The molecule has 3 rings (SSSR count). The van der Waals surface area contributed by atoms with E-state index in [-0.39, 0.29) is 17.9 Å². The standard InChI is InChI=1S/C22H28N2O2/c1-26-17-21-20(22(25)23-15-18-9-4-2-5-10-18)13-8-14-24(21)16-19-11-6-3-7-12-19/h2-7,9-12,20-21H,8,13-17H2,1H3,(H,23,25)/t20-,21-/m1/s1. The van der Waals surface area contributed by atoms with Crippen molar-refractivity contribution in [3.05, 3.63) is 71.8 Å². The minimum Gasteiger partial charge on any atom is -0.383 e. The number of carbonyl (C=O) groups is 1. The van der Waals surface area contributed by atoms with Crippen molar-refractivity contribution in [1.29, 1.82) is 0 Å². The van der Waals surface area contributed by atoms with Gasteiger partial charge in [0.15, 0.2) is 0 Å². The van der Waals surface area contributed by atoms with Gasteiger partial charge in [0.05, 0.1) is 12.5 Å². The molecule has 0 aliphatic carbocycles. The minimum atomic E-state index is -0.0314. The molecule has 138 valence electrons. The number of carbonyl (C=O) groups excluding carboxylic acids is 1. The summed E-state index contributed by atoms with van der Waals surface area (Å²) in [5.74, 6) is 0.102. The number of nitrogens with one attached hydrogen (secondary N) is 1. The molecule has 1 heterocycles. The zero-order valence-corrected chi connectivity index (χ0v) is 15.4. The topological polar surface area (TPSA) is 41.6 Å². The molecule has 0 spiro atoms. The molecule has 2 atom stereocenters. The number of nitrogens with zero attached hydrogens (tertiary/aromatic N) is 1. The third-order valence-corrected chi connectivity index (χ3v) is 5.11. The second-order valence-corrected chi connectivity index (χ2v) is 6.93. The molecule has 4 nitrogen and oxygen atoms in total. The molecule has 1 aliphatic rings. The Hall–Kier alpha value is -2.17. The van der Waals surface area contributed by atoms with Crippen LogP contribution < -0.4 is 5.32 Å². The van der Waals surface area contributed by atoms with Crippen molar-refractivity contribution in [2.75, 3.05) is 20.3 Å². The van der Waals surface area contributed by atoms with Gasteiger partial charge in [-0.2, -0.15) is 0 Å². The fourth-order valence-electron chi connectivity index (χ4n) is 3.76. The number of benzene rings is 2. The van der Waals surface area contributed by atoms with Crippen LogP contribution in [0.1, 0.15) is 24.0 Å². The lowest BCUT2D eigenvalue weighted by atomic mass is 9.88. The Morgan fingerprint density at radius 2 is 1.73 bits per heavy atom. The van der Waals surface area contributed by atoms with E-state index in [0.717, 1.165) is 31.5 Å². The smallest absolute Gasteiger partial charge is 0.225 e. The lowest BCUT2D eigenvalue weighted by Gasteiger charge is -2.40. The van der Waals surface area contributed by atoms with Gasteiger partial charge >= 0.3 is 0 Å². The van der Waals surface area contributed by atoms with Crippen LogP contribution in [0.2, 0.25) is 0 Å². The van der Waals surface area contributed by atoms with E-state index in [0.29, 0.717) is 13.2 Å². The molecular formula is C22H28N2O2. The Bertz CT molecular complexity index is 675. The molecule has 0 saturated carbocycles. The van der Waals surface area contributed by atoms with Crippen molar-refractivity contribution in [1.82, 2.24) is 10.2 Å². The summed E-state index contributed by atoms with van der Waals surface area (Å²) in [7, 11) is 1.72. The third kappa shape index (κ3) is 4.93. The summed E-state index contributed by atoms with van der Waals surface area (Å²) < 4.78 is 5.47. The van der Waals surface area contributed by atoms with Gasteiger partial charge in [0.2, 0.25) is 5.91 Å². The Kier molecular flexibility index (Phi) is 6.81. The van der Waals surface area contributed by atoms with Gasteiger partial charge in [0.25, 0.3) is 0 Å². The summed E-state index contributed by atoms with van der Waals surface area (Å²) in [6.45, 7) is 3.02. The van der Waals surface area contributed by atoms with Crippen molar-refractivity contribution in [2.24, 2.45) is 5.92 Å². The zero-order chi connectivity index (χ0) is 18.2. The molecule has 2 aromatic carbocycles. The second kappa shape index (κ2) is 9.51. The van der Waals surface area contributed by atoms with Gasteiger partial charge in [0.1, 0.15) is 0 Å². The van der Waals surface area contributed by atoms with Crippen LogP contribution in [0.25, 0.3) is 0 Å². The lowest BCUT2D eigenvalue weighted by Crippen LogP contribution is -2.52. The van der Waals surface area contributed by atoms with Crippen LogP contribution in [-0.2, 0) is 22.6 Å². The summed E-state index contributed by atoms with van der Waals surface area (Å²) in [6, 6.07) is 20.6. The molecule has 1 saturated heterocycles. The number of amides is 1. The quantitative estimate of drug-likeness (QED) is 0.832.